The molecule has 1 saturated heterocycles. The van der Waals surface area contributed by atoms with Crippen LogP contribution in [0, 0.1) is 13.8 Å². The minimum absolute atomic E-state index is 0.0554. The largest absolute Gasteiger partial charge is 0.334 e. The molecular formula is C24H26N6O3. The van der Waals surface area contributed by atoms with E-state index in [0.717, 1.165) is 18.5 Å². The van der Waals surface area contributed by atoms with Crippen molar-refractivity contribution in [2.75, 3.05) is 6.54 Å². The van der Waals surface area contributed by atoms with Crippen molar-refractivity contribution in [3.8, 4) is 0 Å². The van der Waals surface area contributed by atoms with E-state index in [4.69, 9.17) is 0 Å². The molecule has 170 valence electrons. The number of rotatable bonds is 3. The van der Waals surface area contributed by atoms with E-state index in [9.17, 15) is 14.4 Å². The monoisotopic (exact) mass is 446 g/mol. The topological polar surface area (TPSA) is 105 Å². The van der Waals surface area contributed by atoms with Crippen molar-refractivity contribution < 1.29 is 4.79 Å². The molecule has 1 N–H and O–H groups in total. The molecular weight excluding hydrogens is 420 g/mol. The van der Waals surface area contributed by atoms with Crippen molar-refractivity contribution >= 4 is 22.3 Å². The highest BCUT2D eigenvalue weighted by molar-refractivity contribution is 5.91. The van der Waals surface area contributed by atoms with Crippen LogP contribution in [0.25, 0.3) is 16.4 Å². The first kappa shape index (κ1) is 21.1. The molecule has 1 aliphatic heterocycles. The van der Waals surface area contributed by atoms with E-state index in [0.29, 0.717) is 39.9 Å². The minimum atomic E-state index is -0.531. The molecule has 1 aromatic carbocycles. The Balaban J connectivity index is 1.53. The lowest BCUT2D eigenvalue weighted by Gasteiger charge is -2.27. The molecule has 0 saturated carbocycles. The van der Waals surface area contributed by atoms with Crippen molar-refractivity contribution in [3.05, 3.63) is 73.7 Å². The van der Waals surface area contributed by atoms with Crippen LogP contribution >= 0.6 is 0 Å². The van der Waals surface area contributed by atoms with E-state index < -0.39 is 5.92 Å². The van der Waals surface area contributed by atoms with Crippen molar-refractivity contribution in [3.63, 3.8) is 0 Å². The highest BCUT2D eigenvalue weighted by Crippen LogP contribution is 2.34. The Morgan fingerprint density at radius 3 is 2.64 bits per heavy atom. The quantitative estimate of drug-likeness (QED) is 0.520. The minimum Gasteiger partial charge on any atom is -0.334 e. The van der Waals surface area contributed by atoms with E-state index in [1.807, 2.05) is 43.0 Å². The zero-order chi connectivity index (χ0) is 23.4. The standard InChI is InChI=1S/C24H26N6O3/c1-13-15(3)25-20-12-18(26-30(20)23(13)32)19-10-7-11-29(19)22(31)14(2)21-16-8-5-6-9-17(16)24(33)28(4)27-21/h5-6,8-9,12,14,19,26H,7,10-11H2,1-4H3. The Hall–Kier alpha value is -3.75. The number of hydrogen-bond donors (Lipinski definition) is 1. The Morgan fingerprint density at radius 2 is 1.88 bits per heavy atom. The molecule has 33 heavy (non-hydrogen) atoms. The fourth-order valence-corrected chi connectivity index (χ4v) is 4.78. The molecule has 4 aromatic rings. The molecule has 0 radical (unpaired) electrons. The number of aromatic nitrogens is 5. The maximum atomic E-state index is 13.7. The van der Waals surface area contributed by atoms with Gasteiger partial charge in [-0.25, -0.2) is 14.2 Å². The Kier molecular flexibility index (Phi) is 4.92. The third-order valence-corrected chi connectivity index (χ3v) is 6.76. The average Bonchev–Trinajstić information content (AvgIpc) is 3.46. The van der Waals surface area contributed by atoms with Crippen LogP contribution in [0.2, 0.25) is 0 Å². The van der Waals surface area contributed by atoms with Crippen LogP contribution in [-0.2, 0) is 11.8 Å². The summed E-state index contributed by atoms with van der Waals surface area (Å²) in [6, 6.07) is 8.94. The summed E-state index contributed by atoms with van der Waals surface area (Å²) in [6.45, 7) is 6.03. The Labute approximate surface area is 189 Å². The number of amides is 1. The number of fused-ring (bicyclic) bond motifs is 2. The van der Waals surface area contributed by atoms with Gasteiger partial charge in [0, 0.05) is 36.3 Å². The van der Waals surface area contributed by atoms with Crippen LogP contribution < -0.4 is 11.1 Å². The second kappa shape index (κ2) is 7.68. The third kappa shape index (κ3) is 3.26. The number of nitrogens with one attached hydrogen (secondary N) is 1. The van der Waals surface area contributed by atoms with E-state index >= 15 is 0 Å². The lowest BCUT2D eigenvalue weighted by atomic mass is 9.99. The summed E-state index contributed by atoms with van der Waals surface area (Å²) in [4.78, 5) is 45.2. The van der Waals surface area contributed by atoms with E-state index in [1.165, 1.54) is 9.20 Å². The smallest absolute Gasteiger partial charge is 0.275 e. The van der Waals surface area contributed by atoms with Crippen molar-refractivity contribution in [2.45, 2.75) is 45.6 Å². The van der Waals surface area contributed by atoms with Crippen LogP contribution in [0.3, 0.4) is 0 Å². The van der Waals surface area contributed by atoms with Gasteiger partial charge in [-0.1, -0.05) is 18.2 Å². The first-order chi connectivity index (χ1) is 15.8. The van der Waals surface area contributed by atoms with Gasteiger partial charge in [0.25, 0.3) is 11.1 Å². The molecule has 9 nitrogen and oxygen atoms in total. The van der Waals surface area contributed by atoms with Crippen LogP contribution in [0.5, 0.6) is 0 Å². The predicted octanol–water partition coefficient (Wildman–Crippen LogP) is 2.35. The van der Waals surface area contributed by atoms with E-state index in [-0.39, 0.29) is 23.1 Å². The molecule has 5 rings (SSSR count). The molecule has 3 aromatic heterocycles. The molecule has 9 heteroatoms. The normalized spacial score (nSPS) is 17.2. The Bertz CT molecular complexity index is 1530. The first-order valence-electron chi connectivity index (χ1n) is 11.1. The van der Waals surface area contributed by atoms with Gasteiger partial charge in [-0.05, 0) is 39.7 Å². The summed E-state index contributed by atoms with van der Waals surface area (Å²) in [5.74, 6) is -0.586. The number of carbonyl (C=O) groups excluding carboxylic acids is 1. The molecule has 0 bridgehead atoms. The van der Waals surface area contributed by atoms with E-state index in [2.05, 4.69) is 15.2 Å². The van der Waals surface area contributed by atoms with Crippen molar-refractivity contribution in [2.24, 2.45) is 7.05 Å². The zero-order valence-corrected chi connectivity index (χ0v) is 19.1. The van der Waals surface area contributed by atoms with Gasteiger partial charge in [0.2, 0.25) is 5.91 Å². The number of benzene rings is 1. The summed E-state index contributed by atoms with van der Waals surface area (Å²) >= 11 is 0. The van der Waals surface area contributed by atoms with Gasteiger partial charge in [0.1, 0.15) is 0 Å². The SMILES string of the molecule is Cc1nc2cc(C3CCCN3C(=O)C(C)c3nn(C)c(=O)c4ccccc34)[nH]n2c(=O)c1C. The maximum absolute atomic E-state index is 13.7. The predicted molar refractivity (Wildman–Crippen MR) is 124 cm³/mol. The number of aryl methyl sites for hydroxylation is 2. The summed E-state index contributed by atoms with van der Waals surface area (Å²) in [7, 11) is 1.60. The first-order valence-corrected chi connectivity index (χ1v) is 11.1. The zero-order valence-electron chi connectivity index (χ0n) is 19.1. The fourth-order valence-electron chi connectivity index (χ4n) is 4.78. The number of likely N-dealkylation sites (tertiary alicyclic amines) is 1. The summed E-state index contributed by atoms with van der Waals surface area (Å²) in [5, 5.41) is 8.87. The highest BCUT2D eigenvalue weighted by Gasteiger charge is 2.35. The van der Waals surface area contributed by atoms with Gasteiger partial charge in [-0.2, -0.15) is 5.10 Å². The van der Waals surface area contributed by atoms with Crippen LogP contribution in [0.1, 0.15) is 54.4 Å². The molecule has 1 amide bonds. The van der Waals surface area contributed by atoms with Crippen LogP contribution in [-0.4, -0.2) is 41.7 Å². The number of carbonyl (C=O) groups is 1. The van der Waals surface area contributed by atoms with Crippen LogP contribution in [0.4, 0.5) is 0 Å². The number of nitrogens with zero attached hydrogens (tertiary/aromatic N) is 5. The van der Waals surface area contributed by atoms with Gasteiger partial charge in [0.05, 0.1) is 28.7 Å². The lowest BCUT2D eigenvalue weighted by Crippen LogP contribution is -2.35. The molecule has 0 spiro atoms. The van der Waals surface area contributed by atoms with Gasteiger partial charge in [-0.15, -0.1) is 0 Å². The average molecular weight is 447 g/mol. The third-order valence-electron chi connectivity index (χ3n) is 6.76. The second-order valence-electron chi connectivity index (χ2n) is 8.80. The van der Waals surface area contributed by atoms with Crippen molar-refractivity contribution in [1.82, 2.24) is 29.3 Å². The summed E-state index contributed by atoms with van der Waals surface area (Å²) in [6.07, 6.45) is 1.65. The van der Waals surface area contributed by atoms with E-state index in [1.54, 1.807) is 20.0 Å². The number of aromatic amines is 1. The fraction of sp³-hybridized carbons (Fsp3) is 0.375. The molecule has 1 fully saturated rings. The van der Waals surface area contributed by atoms with Gasteiger partial charge in [-0.3, -0.25) is 19.5 Å². The van der Waals surface area contributed by atoms with Crippen molar-refractivity contribution in [1.29, 1.82) is 0 Å². The summed E-state index contributed by atoms with van der Waals surface area (Å²) < 4.78 is 2.74. The molecule has 2 unspecified atom stereocenters. The highest BCUT2D eigenvalue weighted by atomic mass is 16.2. The van der Waals surface area contributed by atoms with Crippen LogP contribution in [0.15, 0.2) is 39.9 Å². The lowest BCUT2D eigenvalue weighted by molar-refractivity contribution is -0.133. The Morgan fingerprint density at radius 1 is 1.15 bits per heavy atom. The van der Waals surface area contributed by atoms with Gasteiger partial charge < -0.3 is 4.90 Å². The number of H-pyrrole nitrogens is 1. The number of hydrogen-bond acceptors (Lipinski definition) is 5. The second-order valence-corrected chi connectivity index (χ2v) is 8.80. The summed E-state index contributed by atoms with van der Waals surface area (Å²) in [5.41, 5.74) is 2.91. The molecule has 1 aliphatic rings. The van der Waals surface area contributed by atoms with Gasteiger partial charge >= 0.3 is 0 Å². The molecule has 0 aliphatic carbocycles. The maximum Gasteiger partial charge on any atom is 0.275 e. The molecule has 4 heterocycles. The van der Waals surface area contributed by atoms with Gasteiger partial charge in [0.15, 0.2) is 5.65 Å². The molecule has 2 atom stereocenters.